The number of aryl methyl sites for hydroxylation is 1. The number of carbonyl (C=O) groups excluding carboxylic acids is 1. The lowest BCUT2D eigenvalue weighted by Crippen LogP contribution is -2.41. The minimum Gasteiger partial charge on any atom is -0.469 e. The zero-order valence-electron chi connectivity index (χ0n) is 11.3. The van der Waals surface area contributed by atoms with Crippen LogP contribution in [0, 0.1) is 12.8 Å². The summed E-state index contributed by atoms with van der Waals surface area (Å²) in [5.41, 5.74) is 2.50. The summed E-state index contributed by atoms with van der Waals surface area (Å²) in [5.74, 6) is 0.151. The molecule has 1 aliphatic heterocycles. The van der Waals surface area contributed by atoms with E-state index in [4.69, 9.17) is 4.74 Å². The van der Waals surface area contributed by atoms with Crippen molar-refractivity contribution in [1.29, 1.82) is 0 Å². The Morgan fingerprint density at radius 2 is 2.00 bits per heavy atom. The predicted octanol–water partition coefficient (Wildman–Crippen LogP) is 2.20. The van der Waals surface area contributed by atoms with Crippen LogP contribution < -0.4 is 0 Å². The lowest BCUT2D eigenvalue weighted by atomic mass is 9.80. The highest BCUT2D eigenvalue weighted by Crippen LogP contribution is 2.33. The van der Waals surface area contributed by atoms with Crippen molar-refractivity contribution in [2.75, 3.05) is 27.2 Å². The van der Waals surface area contributed by atoms with Crippen LogP contribution in [-0.4, -0.2) is 38.1 Å². The number of piperidine rings is 1. The van der Waals surface area contributed by atoms with Gasteiger partial charge in [-0.2, -0.15) is 0 Å². The largest absolute Gasteiger partial charge is 0.469 e. The van der Waals surface area contributed by atoms with Gasteiger partial charge in [-0.3, -0.25) is 4.79 Å². The highest BCUT2D eigenvalue weighted by atomic mass is 16.5. The Kier molecular flexibility index (Phi) is 4.02. The highest BCUT2D eigenvalue weighted by molar-refractivity contribution is 5.74. The fraction of sp³-hybridized carbons (Fsp3) is 0.533. The van der Waals surface area contributed by atoms with Crippen molar-refractivity contribution < 1.29 is 9.53 Å². The number of rotatable bonds is 2. The second-order valence-electron chi connectivity index (χ2n) is 5.20. The molecule has 0 radical (unpaired) electrons. The molecule has 0 aliphatic carbocycles. The summed E-state index contributed by atoms with van der Waals surface area (Å²) in [4.78, 5) is 14.1. The number of ether oxygens (including phenoxy) is 1. The van der Waals surface area contributed by atoms with Crippen LogP contribution in [0.3, 0.4) is 0 Å². The first kappa shape index (κ1) is 13.1. The number of esters is 1. The molecule has 1 aliphatic rings. The van der Waals surface area contributed by atoms with E-state index in [1.54, 1.807) is 0 Å². The van der Waals surface area contributed by atoms with Crippen molar-refractivity contribution in [3.63, 3.8) is 0 Å². The average Bonchev–Trinajstić information content (AvgIpc) is 2.39. The third kappa shape index (κ3) is 2.72. The number of likely N-dealkylation sites (tertiary alicyclic amines) is 1. The predicted molar refractivity (Wildman–Crippen MR) is 71.5 cm³/mol. The minimum absolute atomic E-state index is 0.0449. The summed E-state index contributed by atoms with van der Waals surface area (Å²) < 4.78 is 4.95. The number of methoxy groups -OCH3 is 1. The van der Waals surface area contributed by atoms with E-state index in [9.17, 15) is 4.79 Å². The minimum atomic E-state index is -0.0906. The molecule has 1 saturated heterocycles. The van der Waals surface area contributed by atoms with Gasteiger partial charge >= 0.3 is 5.97 Å². The first-order valence-electron chi connectivity index (χ1n) is 6.44. The van der Waals surface area contributed by atoms with E-state index >= 15 is 0 Å². The molecular weight excluding hydrogens is 226 g/mol. The molecule has 0 N–H and O–H groups in total. The third-order valence-corrected chi connectivity index (χ3v) is 3.83. The molecule has 98 valence electrons. The van der Waals surface area contributed by atoms with E-state index in [1.165, 1.54) is 18.2 Å². The third-order valence-electron chi connectivity index (χ3n) is 3.83. The van der Waals surface area contributed by atoms with Crippen LogP contribution in [0.15, 0.2) is 24.3 Å². The van der Waals surface area contributed by atoms with E-state index in [1.807, 2.05) is 0 Å². The van der Waals surface area contributed by atoms with Gasteiger partial charge in [0.1, 0.15) is 0 Å². The maximum absolute atomic E-state index is 11.9. The second-order valence-corrected chi connectivity index (χ2v) is 5.20. The molecule has 0 spiro atoms. The van der Waals surface area contributed by atoms with Gasteiger partial charge < -0.3 is 9.64 Å². The summed E-state index contributed by atoms with van der Waals surface area (Å²) >= 11 is 0. The van der Waals surface area contributed by atoms with Gasteiger partial charge in [-0.1, -0.05) is 29.8 Å². The molecule has 0 amide bonds. The van der Waals surface area contributed by atoms with Crippen LogP contribution in [-0.2, 0) is 9.53 Å². The van der Waals surface area contributed by atoms with E-state index < -0.39 is 0 Å². The lowest BCUT2D eigenvalue weighted by molar-refractivity contribution is -0.148. The molecule has 1 fully saturated rings. The van der Waals surface area contributed by atoms with Crippen LogP contribution in [0.5, 0.6) is 0 Å². The van der Waals surface area contributed by atoms with Crippen molar-refractivity contribution >= 4 is 5.97 Å². The second kappa shape index (κ2) is 5.53. The van der Waals surface area contributed by atoms with Crippen LogP contribution in [0.4, 0.5) is 0 Å². The number of carbonyl (C=O) groups is 1. The monoisotopic (exact) mass is 247 g/mol. The van der Waals surface area contributed by atoms with Gasteiger partial charge in [0.05, 0.1) is 13.0 Å². The van der Waals surface area contributed by atoms with Crippen molar-refractivity contribution in [1.82, 2.24) is 4.90 Å². The van der Waals surface area contributed by atoms with Gasteiger partial charge in [0, 0.05) is 6.54 Å². The highest BCUT2D eigenvalue weighted by Gasteiger charge is 2.34. The molecule has 1 aromatic carbocycles. The number of hydrogen-bond donors (Lipinski definition) is 0. The Morgan fingerprint density at radius 1 is 1.33 bits per heavy atom. The topological polar surface area (TPSA) is 29.5 Å². The van der Waals surface area contributed by atoms with E-state index in [-0.39, 0.29) is 17.8 Å². The van der Waals surface area contributed by atoms with Crippen LogP contribution in [0.25, 0.3) is 0 Å². The van der Waals surface area contributed by atoms with Crippen LogP contribution in [0.1, 0.15) is 23.5 Å². The quantitative estimate of drug-likeness (QED) is 0.750. The number of benzene rings is 1. The fourth-order valence-corrected chi connectivity index (χ4v) is 2.72. The van der Waals surface area contributed by atoms with Crippen molar-refractivity contribution in [2.45, 2.75) is 19.3 Å². The molecule has 1 heterocycles. The maximum atomic E-state index is 11.9. The van der Waals surface area contributed by atoms with Gasteiger partial charge in [0.15, 0.2) is 0 Å². The molecular formula is C15H21NO2. The summed E-state index contributed by atoms with van der Waals surface area (Å²) in [6.45, 7) is 3.90. The van der Waals surface area contributed by atoms with Gasteiger partial charge in [-0.05, 0) is 38.4 Å². The average molecular weight is 247 g/mol. The van der Waals surface area contributed by atoms with Crippen molar-refractivity contribution in [2.24, 2.45) is 5.92 Å². The Labute approximate surface area is 109 Å². The molecule has 3 heteroatoms. The molecule has 1 aromatic rings. The van der Waals surface area contributed by atoms with Crippen LogP contribution >= 0.6 is 0 Å². The smallest absolute Gasteiger partial charge is 0.310 e. The summed E-state index contributed by atoms with van der Waals surface area (Å²) in [6, 6.07) is 8.51. The molecule has 2 rings (SSSR count). The molecule has 0 bridgehead atoms. The lowest BCUT2D eigenvalue weighted by Gasteiger charge is -2.35. The van der Waals surface area contributed by atoms with Crippen molar-refractivity contribution in [3.8, 4) is 0 Å². The van der Waals surface area contributed by atoms with Gasteiger partial charge in [0.2, 0.25) is 0 Å². The number of hydrogen-bond acceptors (Lipinski definition) is 3. The summed E-state index contributed by atoms with van der Waals surface area (Å²) in [6.07, 6.45) is 1.01. The van der Waals surface area contributed by atoms with E-state index in [2.05, 4.69) is 43.1 Å². The standard InChI is InChI=1S/C15H21NO2/c1-11-4-6-12(7-5-11)13-8-9-16(2)10-14(13)15(17)18-3/h4-7,13-14H,8-10H2,1-3H3/t13-,14+/m0/s1. The molecule has 3 nitrogen and oxygen atoms in total. The molecule has 0 saturated carbocycles. The first-order chi connectivity index (χ1) is 8.61. The Balaban J connectivity index is 2.23. The summed E-state index contributed by atoms with van der Waals surface area (Å²) in [5, 5.41) is 0. The maximum Gasteiger partial charge on any atom is 0.310 e. The Bertz CT molecular complexity index is 413. The Morgan fingerprint density at radius 3 is 2.61 bits per heavy atom. The van der Waals surface area contributed by atoms with E-state index in [0.717, 1.165) is 19.5 Å². The molecule has 18 heavy (non-hydrogen) atoms. The SMILES string of the molecule is COC(=O)[C@@H]1CN(C)CC[C@H]1c1ccc(C)cc1. The Hall–Kier alpha value is -1.35. The summed E-state index contributed by atoms with van der Waals surface area (Å²) in [7, 11) is 3.53. The molecule has 0 aromatic heterocycles. The zero-order valence-corrected chi connectivity index (χ0v) is 11.3. The molecule has 2 atom stereocenters. The van der Waals surface area contributed by atoms with Gasteiger partial charge in [-0.15, -0.1) is 0 Å². The van der Waals surface area contributed by atoms with Crippen LogP contribution in [0.2, 0.25) is 0 Å². The number of nitrogens with zero attached hydrogens (tertiary/aromatic N) is 1. The molecule has 0 unspecified atom stereocenters. The fourth-order valence-electron chi connectivity index (χ4n) is 2.72. The van der Waals surface area contributed by atoms with Gasteiger partial charge in [0.25, 0.3) is 0 Å². The van der Waals surface area contributed by atoms with Crippen molar-refractivity contribution in [3.05, 3.63) is 35.4 Å². The zero-order chi connectivity index (χ0) is 13.1. The normalized spacial score (nSPS) is 24.8. The first-order valence-corrected chi connectivity index (χ1v) is 6.44. The van der Waals surface area contributed by atoms with E-state index in [0.29, 0.717) is 0 Å². The van der Waals surface area contributed by atoms with Gasteiger partial charge in [-0.25, -0.2) is 0 Å².